The molecule has 0 unspecified atom stereocenters. The highest BCUT2D eigenvalue weighted by atomic mass is 16.3. The van der Waals surface area contributed by atoms with E-state index < -0.39 is 0 Å². The van der Waals surface area contributed by atoms with Crippen molar-refractivity contribution in [1.82, 2.24) is 5.32 Å². The van der Waals surface area contributed by atoms with Crippen molar-refractivity contribution in [1.29, 1.82) is 0 Å². The summed E-state index contributed by atoms with van der Waals surface area (Å²) in [5.74, 6) is -1.20. The Balaban J connectivity index is 1.42. The van der Waals surface area contributed by atoms with Crippen LogP contribution < -0.4 is 15.5 Å². The number of hydrogen-bond donors (Lipinski definition) is 3. The van der Waals surface area contributed by atoms with Crippen LogP contribution in [-0.4, -0.2) is 48.1 Å². The lowest BCUT2D eigenvalue weighted by Crippen LogP contribution is -2.30. The van der Waals surface area contributed by atoms with Gasteiger partial charge >= 0.3 is 0 Å². The maximum absolute atomic E-state index is 14.2. The Morgan fingerprint density at radius 3 is 2.08 bits per heavy atom. The highest BCUT2D eigenvalue weighted by Crippen LogP contribution is 2.44. The molecule has 1 saturated heterocycles. The Hall–Kier alpha value is -5.50. The quantitative estimate of drug-likeness (QED) is 0.152. The summed E-state index contributed by atoms with van der Waals surface area (Å²) < 4.78 is 0. The highest BCUT2D eigenvalue weighted by Gasteiger charge is 2.40. The van der Waals surface area contributed by atoms with Gasteiger partial charge in [-0.05, 0) is 92.8 Å². The van der Waals surface area contributed by atoms with Crippen LogP contribution >= 0.6 is 0 Å². The minimum Gasteiger partial charge on any atom is -0.506 e. The maximum atomic E-state index is 14.2. The SMILES string of the molecule is CCCCC/N=C1C=C(NC(=O)c2ccccc2)/C(=C2\C(=O)C(c3cc(C)c(N4CCCC4)cc3NC(=O)c3ccccc3)=C2O)C=C/1C. The van der Waals surface area contributed by atoms with E-state index in [4.69, 9.17) is 4.99 Å². The number of Topliss-reactive ketones (excluding diaryl/α,β-unsaturated/α-hetero) is 1. The number of nitrogens with zero attached hydrogens (tertiary/aromatic N) is 2. The van der Waals surface area contributed by atoms with E-state index in [0.717, 1.165) is 67.7 Å². The van der Waals surface area contributed by atoms with E-state index in [9.17, 15) is 19.5 Å². The van der Waals surface area contributed by atoms with Gasteiger partial charge in [-0.3, -0.25) is 19.4 Å². The molecule has 8 nitrogen and oxygen atoms in total. The van der Waals surface area contributed by atoms with E-state index in [1.165, 1.54) is 0 Å². The summed E-state index contributed by atoms with van der Waals surface area (Å²) in [6.45, 7) is 8.50. The number of hydrogen-bond acceptors (Lipinski definition) is 6. The number of aryl methyl sites for hydroxylation is 1. The molecule has 0 aromatic heterocycles. The number of benzene rings is 3. The van der Waals surface area contributed by atoms with Gasteiger partial charge in [0.25, 0.3) is 11.8 Å². The number of allylic oxidation sites excluding steroid dienone is 5. The molecule has 8 heteroatoms. The molecular formula is C41H42N4O4. The maximum Gasteiger partial charge on any atom is 0.255 e. The van der Waals surface area contributed by atoms with Crippen LogP contribution in [0.1, 0.15) is 77.8 Å². The minimum absolute atomic E-state index is 0.112. The molecule has 49 heavy (non-hydrogen) atoms. The van der Waals surface area contributed by atoms with Crippen LogP contribution in [0, 0.1) is 6.92 Å². The van der Waals surface area contributed by atoms with Crippen molar-refractivity contribution >= 4 is 40.3 Å². The van der Waals surface area contributed by atoms with Crippen molar-refractivity contribution in [3.05, 3.63) is 135 Å². The van der Waals surface area contributed by atoms with Crippen LogP contribution in [0.5, 0.6) is 0 Å². The molecule has 0 atom stereocenters. The molecule has 3 N–H and O–H groups in total. The number of amides is 2. The van der Waals surface area contributed by atoms with Gasteiger partial charge in [0.05, 0.1) is 28.2 Å². The average Bonchev–Trinajstić information content (AvgIpc) is 3.65. The first-order valence-corrected chi connectivity index (χ1v) is 17.1. The largest absolute Gasteiger partial charge is 0.506 e. The molecule has 0 radical (unpaired) electrons. The minimum atomic E-state index is -0.372. The number of carbonyl (C=O) groups excluding carboxylic acids is 3. The number of anilines is 2. The van der Waals surface area contributed by atoms with Gasteiger partial charge in [-0.1, -0.05) is 56.2 Å². The van der Waals surface area contributed by atoms with Crippen LogP contribution in [-0.2, 0) is 4.79 Å². The van der Waals surface area contributed by atoms with E-state index in [2.05, 4.69) is 22.5 Å². The lowest BCUT2D eigenvalue weighted by molar-refractivity contribution is -0.111. The highest BCUT2D eigenvalue weighted by molar-refractivity contribution is 6.40. The summed E-state index contributed by atoms with van der Waals surface area (Å²) >= 11 is 0. The second kappa shape index (κ2) is 14.7. The number of aliphatic hydroxyl groups is 1. The van der Waals surface area contributed by atoms with Gasteiger partial charge in [-0.25, -0.2) is 0 Å². The fraction of sp³-hybridized carbons (Fsp3) is 0.268. The number of carbonyl (C=O) groups is 3. The first-order valence-electron chi connectivity index (χ1n) is 17.1. The zero-order chi connectivity index (χ0) is 34.5. The van der Waals surface area contributed by atoms with Crippen molar-refractivity contribution in [3.8, 4) is 0 Å². The zero-order valence-electron chi connectivity index (χ0n) is 28.3. The van der Waals surface area contributed by atoms with Crippen LogP contribution in [0.2, 0.25) is 0 Å². The van der Waals surface area contributed by atoms with Crippen LogP contribution in [0.4, 0.5) is 11.4 Å². The summed E-state index contributed by atoms with van der Waals surface area (Å²) in [4.78, 5) is 47.9. The summed E-state index contributed by atoms with van der Waals surface area (Å²) in [5.41, 5.74) is 6.37. The molecule has 3 aromatic rings. The Bertz CT molecular complexity index is 1950. The molecule has 1 fully saturated rings. The zero-order valence-corrected chi connectivity index (χ0v) is 28.3. The van der Waals surface area contributed by atoms with E-state index in [1.54, 1.807) is 60.7 Å². The Morgan fingerprint density at radius 1 is 0.837 bits per heavy atom. The second-order valence-electron chi connectivity index (χ2n) is 12.7. The van der Waals surface area contributed by atoms with Crippen molar-refractivity contribution in [3.63, 3.8) is 0 Å². The normalized spacial score (nSPS) is 18.3. The molecule has 0 bridgehead atoms. The Kier molecular flexibility index (Phi) is 10.0. The van der Waals surface area contributed by atoms with Crippen molar-refractivity contribution < 1.29 is 19.5 Å². The van der Waals surface area contributed by atoms with Crippen LogP contribution in [0.25, 0.3) is 5.57 Å². The van der Waals surface area contributed by atoms with Gasteiger partial charge in [0.2, 0.25) is 5.78 Å². The van der Waals surface area contributed by atoms with Crippen LogP contribution in [0.15, 0.2) is 118 Å². The molecular weight excluding hydrogens is 612 g/mol. The van der Waals surface area contributed by atoms with E-state index in [-0.39, 0.29) is 34.5 Å². The molecule has 1 heterocycles. The summed E-state index contributed by atoms with van der Waals surface area (Å²) in [6, 6.07) is 21.5. The van der Waals surface area contributed by atoms with E-state index >= 15 is 0 Å². The molecule has 2 aliphatic carbocycles. The number of aliphatic imine (C=N–C) groups is 1. The topological polar surface area (TPSA) is 111 Å². The fourth-order valence-electron chi connectivity index (χ4n) is 6.51. The average molecular weight is 655 g/mol. The Morgan fingerprint density at radius 2 is 1.47 bits per heavy atom. The van der Waals surface area contributed by atoms with Gasteiger partial charge < -0.3 is 20.6 Å². The second-order valence-corrected chi connectivity index (χ2v) is 12.7. The molecule has 6 rings (SSSR count). The smallest absolute Gasteiger partial charge is 0.255 e. The monoisotopic (exact) mass is 654 g/mol. The third-order valence-corrected chi connectivity index (χ3v) is 9.20. The Labute approximate surface area is 287 Å². The summed E-state index contributed by atoms with van der Waals surface area (Å²) in [5, 5.41) is 17.7. The van der Waals surface area contributed by atoms with E-state index in [1.807, 2.05) is 38.1 Å². The van der Waals surface area contributed by atoms with Crippen LogP contribution in [0.3, 0.4) is 0 Å². The number of nitrogens with one attached hydrogen (secondary N) is 2. The van der Waals surface area contributed by atoms with Crippen molar-refractivity contribution in [2.24, 2.45) is 4.99 Å². The van der Waals surface area contributed by atoms with Gasteiger partial charge in [0.1, 0.15) is 5.76 Å². The number of rotatable bonds is 10. The van der Waals surface area contributed by atoms with Gasteiger partial charge in [-0.15, -0.1) is 0 Å². The molecule has 1 aliphatic heterocycles. The van der Waals surface area contributed by atoms with Crippen molar-refractivity contribution in [2.75, 3.05) is 29.9 Å². The predicted octanol–water partition coefficient (Wildman–Crippen LogP) is 7.90. The third kappa shape index (κ3) is 7.04. The number of unbranched alkanes of at least 4 members (excludes halogenated alkanes) is 2. The first kappa shape index (κ1) is 33.4. The number of ketones is 1. The first-order chi connectivity index (χ1) is 23.8. The predicted molar refractivity (Wildman–Crippen MR) is 196 cm³/mol. The van der Waals surface area contributed by atoms with Gasteiger partial charge in [0, 0.05) is 47.6 Å². The van der Waals surface area contributed by atoms with Crippen molar-refractivity contribution in [2.45, 2.75) is 52.9 Å². The molecule has 3 aliphatic rings. The van der Waals surface area contributed by atoms with E-state index in [0.29, 0.717) is 40.2 Å². The molecule has 0 saturated carbocycles. The fourth-order valence-corrected chi connectivity index (χ4v) is 6.51. The summed E-state index contributed by atoms with van der Waals surface area (Å²) in [6.07, 6.45) is 8.86. The lowest BCUT2D eigenvalue weighted by Gasteiger charge is -2.29. The molecule has 0 spiro atoms. The third-order valence-electron chi connectivity index (χ3n) is 9.20. The van der Waals surface area contributed by atoms with Gasteiger partial charge in [0.15, 0.2) is 0 Å². The lowest BCUT2D eigenvalue weighted by atomic mass is 9.77. The number of aliphatic hydroxyl groups excluding tert-OH is 1. The standard InChI is InChI=1S/C41H42N4O4/c1-4-5-12-19-42-32-24-33(43-40(48)28-15-8-6-9-16-28)30(22-26(32)2)36-38(46)37(39(36)47)31-23-27(3)35(45-20-13-14-21-45)25-34(31)44-41(49)29-17-10-7-11-18-29/h6-11,15-18,22-25,46H,4-5,12-14,19-21H2,1-3H3,(H,43,48)(H,44,49)/b36-30-,42-32-. The molecule has 250 valence electrons. The summed E-state index contributed by atoms with van der Waals surface area (Å²) in [7, 11) is 0. The molecule has 3 aromatic carbocycles. The molecule has 2 amide bonds. The van der Waals surface area contributed by atoms with Gasteiger partial charge in [-0.2, -0.15) is 0 Å².